The van der Waals surface area contributed by atoms with Gasteiger partial charge in [0.25, 0.3) is 5.69 Å². The number of nitro groups is 1. The zero-order valence-corrected chi connectivity index (χ0v) is 10.1. The van der Waals surface area contributed by atoms with Crippen LogP contribution < -0.4 is 0 Å². The molecule has 0 fully saturated rings. The molecule has 0 radical (unpaired) electrons. The van der Waals surface area contributed by atoms with Crippen molar-refractivity contribution >= 4 is 17.4 Å². The lowest BCUT2D eigenvalue weighted by Crippen LogP contribution is -2.17. The monoisotopic (exact) mass is 251 g/mol. The van der Waals surface area contributed by atoms with Crippen molar-refractivity contribution in [2.75, 3.05) is 0 Å². The number of hydrogen-bond donors (Lipinski definition) is 1. The normalized spacial score (nSPS) is 10.1. The molecule has 1 rings (SSSR count). The molecule has 0 aliphatic heterocycles. The number of nitro benzene ring substituents is 1. The molecular weight excluding hydrogens is 238 g/mol. The van der Waals surface area contributed by atoms with E-state index in [1.807, 2.05) is 0 Å². The molecule has 6 heteroatoms. The Hall–Kier alpha value is -2.24. The first-order valence-electron chi connectivity index (χ1n) is 5.40. The fourth-order valence-electron chi connectivity index (χ4n) is 1.89. The minimum Gasteiger partial charge on any atom is -0.475 e. The number of benzene rings is 1. The Morgan fingerprint density at radius 2 is 1.94 bits per heavy atom. The number of nitrogens with zero attached hydrogens (tertiary/aromatic N) is 1. The third-order valence-corrected chi connectivity index (χ3v) is 2.77. The van der Waals surface area contributed by atoms with Gasteiger partial charge in [0.2, 0.25) is 5.78 Å². The summed E-state index contributed by atoms with van der Waals surface area (Å²) in [4.78, 5) is 32.1. The Morgan fingerprint density at radius 1 is 1.33 bits per heavy atom. The average molecular weight is 251 g/mol. The van der Waals surface area contributed by atoms with Crippen molar-refractivity contribution in [2.24, 2.45) is 0 Å². The van der Waals surface area contributed by atoms with Crippen molar-refractivity contribution < 1.29 is 19.6 Å². The van der Waals surface area contributed by atoms with Gasteiger partial charge in [0, 0.05) is 11.6 Å². The zero-order valence-electron chi connectivity index (χ0n) is 10.1. The molecule has 0 bridgehead atoms. The number of carbonyl (C=O) groups is 2. The maximum Gasteiger partial charge on any atom is 0.372 e. The highest BCUT2D eigenvalue weighted by atomic mass is 16.6. The lowest BCUT2D eigenvalue weighted by Gasteiger charge is -2.10. The Labute approximate surface area is 103 Å². The largest absolute Gasteiger partial charge is 0.475 e. The van der Waals surface area contributed by atoms with E-state index in [-0.39, 0.29) is 11.3 Å². The van der Waals surface area contributed by atoms with Gasteiger partial charge in [-0.05, 0) is 24.5 Å². The first kappa shape index (κ1) is 13.8. The minimum atomic E-state index is -1.58. The number of ketones is 1. The van der Waals surface area contributed by atoms with Crippen LogP contribution in [-0.4, -0.2) is 21.8 Å². The Balaban J connectivity index is 3.36. The first-order chi connectivity index (χ1) is 8.38. The van der Waals surface area contributed by atoms with Gasteiger partial charge in [-0.25, -0.2) is 4.79 Å². The molecule has 0 saturated heterocycles. The van der Waals surface area contributed by atoms with E-state index < -0.39 is 23.1 Å². The average Bonchev–Trinajstić information content (AvgIpc) is 2.28. The van der Waals surface area contributed by atoms with Gasteiger partial charge in [-0.3, -0.25) is 14.9 Å². The van der Waals surface area contributed by atoms with Crippen molar-refractivity contribution in [2.45, 2.75) is 26.7 Å². The smallest absolute Gasteiger partial charge is 0.372 e. The van der Waals surface area contributed by atoms with E-state index in [0.29, 0.717) is 12.0 Å². The summed E-state index contributed by atoms with van der Waals surface area (Å²) in [7, 11) is 0. The SMILES string of the molecule is CCc1c(C)ccc([N+](=O)[O-])c1CC(=O)C(=O)O. The van der Waals surface area contributed by atoms with E-state index in [0.717, 1.165) is 5.56 Å². The number of carboxylic acid groups (broad SMARTS) is 1. The van der Waals surface area contributed by atoms with E-state index >= 15 is 0 Å². The Morgan fingerprint density at radius 3 is 2.39 bits per heavy atom. The molecule has 0 heterocycles. The molecule has 18 heavy (non-hydrogen) atoms. The van der Waals surface area contributed by atoms with E-state index in [9.17, 15) is 19.7 Å². The molecular formula is C12H13NO5. The predicted molar refractivity (Wildman–Crippen MR) is 63.6 cm³/mol. The zero-order chi connectivity index (χ0) is 13.9. The van der Waals surface area contributed by atoms with Crippen LogP contribution in [0.1, 0.15) is 23.6 Å². The molecule has 0 saturated carbocycles. The van der Waals surface area contributed by atoms with Crippen molar-refractivity contribution in [3.05, 3.63) is 38.9 Å². The number of aryl methyl sites for hydroxylation is 1. The highest BCUT2D eigenvalue weighted by Gasteiger charge is 2.23. The van der Waals surface area contributed by atoms with Gasteiger partial charge in [0.05, 0.1) is 11.3 Å². The molecule has 0 unspecified atom stereocenters. The van der Waals surface area contributed by atoms with Gasteiger partial charge < -0.3 is 5.11 Å². The van der Waals surface area contributed by atoms with Crippen LogP contribution in [0.4, 0.5) is 5.69 Å². The lowest BCUT2D eigenvalue weighted by molar-refractivity contribution is -0.385. The van der Waals surface area contributed by atoms with Gasteiger partial charge >= 0.3 is 5.97 Å². The van der Waals surface area contributed by atoms with Crippen LogP contribution in [0.25, 0.3) is 0 Å². The van der Waals surface area contributed by atoms with Gasteiger partial charge in [0.15, 0.2) is 0 Å². The third-order valence-electron chi connectivity index (χ3n) is 2.77. The molecule has 0 atom stereocenters. The minimum absolute atomic E-state index is 0.202. The summed E-state index contributed by atoms with van der Waals surface area (Å²) in [5.41, 5.74) is 1.48. The maximum absolute atomic E-state index is 11.2. The molecule has 6 nitrogen and oxygen atoms in total. The van der Waals surface area contributed by atoms with E-state index in [1.54, 1.807) is 19.9 Å². The van der Waals surface area contributed by atoms with Crippen molar-refractivity contribution in [1.29, 1.82) is 0 Å². The van der Waals surface area contributed by atoms with Gasteiger partial charge in [-0.2, -0.15) is 0 Å². The number of Topliss-reactive ketones (excluding diaryl/α,β-unsaturated/α-hetero) is 1. The second-order valence-electron chi connectivity index (χ2n) is 3.87. The van der Waals surface area contributed by atoms with E-state index in [4.69, 9.17) is 5.11 Å². The number of hydrogen-bond acceptors (Lipinski definition) is 4. The molecule has 96 valence electrons. The second kappa shape index (κ2) is 5.39. The molecule has 0 aliphatic rings. The van der Waals surface area contributed by atoms with Crippen molar-refractivity contribution in [3.8, 4) is 0 Å². The van der Waals surface area contributed by atoms with Gasteiger partial charge in [-0.1, -0.05) is 13.0 Å². The Bertz CT molecular complexity index is 521. The molecule has 0 amide bonds. The Kier molecular flexibility index (Phi) is 4.14. The van der Waals surface area contributed by atoms with Crippen LogP contribution in [0.3, 0.4) is 0 Å². The van der Waals surface area contributed by atoms with Gasteiger partial charge in [0.1, 0.15) is 0 Å². The number of carbonyl (C=O) groups excluding carboxylic acids is 1. The second-order valence-corrected chi connectivity index (χ2v) is 3.87. The van der Waals surface area contributed by atoms with Crippen LogP contribution in [0.2, 0.25) is 0 Å². The van der Waals surface area contributed by atoms with Crippen LogP contribution in [-0.2, 0) is 22.4 Å². The lowest BCUT2D eigenvalue weighted by atomic mass is 9.94. The maximum atomic E-state index is 11.2. The molecule has 0 aliphatic carbocycles. The summed E-state index contributed by atoms with van der Waals surface area (Å²) in [5.74, 6) is -2.62. The number of carboxylic acids is 1. The third kappa shape index (κ3) is 2.71. The summed E-state index contributed by atoms with van der Waals surface area (Å²) in [5, 5.41) is 19.5. The fourth-order valence-corrected chi connectivity index (χ4v) is 1.89. The highest BCUT2D eigenvalue weighted by Crippen LogP contribution is 2.26. The topological polar surface area (TPSA) is 97.5 Å². The summed E-state index contributed by atoms with van der Waals surface area (Å²) in [6.07, 6.45) is 0.0618. The highest BCUT2D eigenvalue weighted by molar-refractivity contribution is 6.33. The summed E-state index contributed by atoms with van der Waals surface area (Å²) < 4.78 is 0. The van der Waals surface area contributed by atoms with Crippen molar-refractivity contribution in [1.82, 2.24) is 0 Å². The van der Waals surface area contributed by atoms with E-state index in [1.165, 1.54) is 6.07 Å². The van der Waals surface area contributed by atoms with Crippen molar-refractivity contribution in [3.63, 3.8) is 0 Å². The fraction of sp³-hybridized carbons (Fsp3) is 0.333. The summed E-state index contributed by atoms with van der Waals surface area (Å²) in [6, 6.07) is 2.91. The van der Waals surface area contributed by atoms with Crippen LogP contribution in [0.5, 0.6) is 0 Å². The standard InChI is InChI=1S/C12H13NO5/c1-3-8-7(2)4-5-10(13(17)18)9(8)6-11(14)12(15)16/h4-5H,3,6H2,1-2H3,(H,15,16). The van der Waals surface area contributed by atoms with Crippen LogP contribution in [0.15, 0.2) is 12.1 Å². The van der Waals surface area contributed by atoms with Gasteiger partial charge in [-0.15, -0.1) is 0 Å². The molecule has 1 aromatic rings. The summed E-state index contributed by atoms with van der Waals surface area (Å²) >= 11 is 0. The number of rotatable bonds is 5. The number of aliphatic carboxylic acids is 1. The quantitative estimate of drug-likeness (QED) is 0.487. The predicted octanol–water partition coefficient (Wildman–Crippen LogP) is 1.66. The first-order valence-corrected chi connectivity index (χ1v) is 5.40. The van der Waals surface area contributed by atoms with Crippen LogP contribution >= 0.6 is 0 Å². The summed E-state index contributed by atoms with van der Waals surface area (Å²) in [6.45, 7) is 3.58. The molecule has 1 aromatic carbocycles. The molecule has 0 aromatic heterocycles. The van der Waals surface area contributed by atoms with E-state index in [2.05, 4.69) is 0 Å². The molecule has 1 N–H and O–H groups in total. The molecule has 0 spiro atoms. The van der Waals surface area contributed by atoms with Crippen LogP contribution in [0, 0.1) is 17.0 Å².